The normalized spacial score (nSPS) is 12.1. The topological polar surface area (TPSA) is 84.5 Å². The van der Waals surface area contributed by atoms with E-state index in [1.165, 1.54) is 0 Å². The number of benzene rings is 3. The third kappa shape index (κ3) is 5.68. The van der Waals surface area contributed by atoms with Crippen LogP contribution in [0.4, 0.5) is 5.69 Å². The molecule has 3 aromatic carbocycles. The molecule has 0 radical (unpaired) electrons. The number of ether oxygens (including phenoxy) is 1. The van der Waals surface area contributed by atoms with Crippen LogP contribution in [0, 0.1) is 13.8 Å². The molecule has 0 aliphatic rings. The predicted molar refractivity (Wildman–Crippen MR) is 127 cm³/mol. The van der Waals surface area contributed by atoms with Crippen LogP contribution in [0.1, 0.15) is 46.9 Å². The molecule has 3 aromatic rings. The van der Waals surface area contributed by atoms with Gasteiger partial charge in [-0.1, -0.05) is 29.8 Å². The maximum Gasteiger partial charge on any atom is 0.261 e. The highest BCUT2D eigenvalue weighted by molar-refractivity contribution is 7.92. The molecular formula is C25H28N2O4S. The lowest BCUT2D eigenvalue weighted by Gasteiger charge is -2.16. The van der Waals surface area contributed by atoms with Crippen molar-refractivity contribution in [2.24, 2.45) is 0 Å². The first-order valence-electron chi connectivity index (χ1n) is 10.4. The Morgan fingerprint density at radius 1 is 0.969 bits per heavy atom. The second kappa shape index (κ2) is 9.87. The van der Waals surface area contributed by atoms with Crippen molar-refractivity contribution in [2.45, 2.75) is 38.6 Å². The lowest BCUT2D eigenvalue weighted by atomic mass is 10.1. The van der Waals surface area contributed by atoms with Crippen LogP contribution >= 0.6 is 0 Å². The van der Waals surface area contributed by atoms with Crippen LogP contribution < -0.4 is 14.8 Å². The molecule has 6 nitrogen and oxygen atoms in total. The van der Waals surface area contributed by atoms with Crippen LogP contribution in [0.25, 0.3) is 0 Å². The van der Waals surface area contributed by atoms with Crippen molar-refractivity contribution in [1.82, 2.24) is 5.32 Å². The number of hydrogen-bond donors (Lipinski definition) is 2. The van der Waals surface area contributed by atoms with Gasteiger partial charge in [0.1, 0.15) is 5.75 Å². The maximum absolute atomic E-state index is 12.7. The minimum Gasteiger partial charge on any atom is -0.494 e. The lowest BCUT2D eigenvalue weighted by molar-refractivity contribution is 0.0940. The van der Waals surface area contributed by atoms with E-state index in [0.29, 0.717) is 23.4 Å². The fourth-order valence-electron chi connectivity index (χ4n) is 3.22. The molecule has 0 spiro atoms. The van der Waals surface area contributed by atoms with Crippen molar-refractivity contribution in [2.75, 3.05) is 11.3 Å². The van der Waals surface area contributed by atoms with Gasteiger partial charge in [-0.15, -0.1) is 0 Å². The molecule has 32 heavy (non-hydrogen) atoms. The number of carbonyl (C=O) groups excluding carboxylic acids is 1. The Kier molecular flexibility index (Phi) is 7.20. The summed E-state index contributed by atoms with van der Waals surface area (Å²) in [6.45, 7) is 8.10. The zero-order valence-corrected chi connectivity index (χ0v) is 19.5. The Bertz CT molecular complexity index is 1190. The van der Waals surface area contributed by atoms with Crippen molar-refractivity contribution in [3.05, 3.63) is 89.0 Å². The summed E-state index contributed by atoms with van der Waals surface area (Å²) in [7, 11) is -3.71. The second-order valence-electron chi connectivity index (χ2n) is 7.65. The molecule has 1 amide bonds. The first kappa shape index (κ1) is 23.3. The van der Waals surface area contributed by atoms with Crippen LogP contribution in [0.2, 0.25) is 0 Å². The minimum atomic E-state index is -3.71. The molecular weight excluding hydrogens is 424 g/mol. The molecule has 2 N–H and O–H groups in total. The van der Waals surface area contributed by atoms with Crippen LogP contribution in [-0.4, -0.2) is 20.9 Å². The minimum absolute atomic E-state index is 0.188. The Morgan fingerprint density at radius 2 is 1.62 bits per heavy atom. The van der Waals surface area contributed by atoms with Crippen molar-refractivity contribution in [3.8, 4) is 5.75 Å². The summed E-state index contributed by atoms with van der Waals surface area (Å²) in [5.74, 6) is 0.552. The zero-order chi connectivity index (χ0) is 23.3. The number of hydrogen-bond acceptors (Lipinski definition) is 4. The first-order chi connectivity index (χ1) is 15.2. The van der Waals surface area contributed by atoms with E-state index in [1.54, 1.807) is 49.4 Å². The highest BCUT2D eigenvalue weighted by Gasteiger charge is 2.17. The summed E-state index contributed by atoms with van der Waals surface area (Å²) in [4.78, 5) is 12.9. The van der Waals surface area contributed by atoms with Gasteiger partial charge in [0, 0.05) is 5.56 Å². The maximum atomic E-state index is 12.7. The molecule has 1 atom stereocenters. The number of amides is 1. The van der Waals surface area contributed by atoms with E-state index in [9.17, 15) is 13.2 Å². The van der Waals surface area contributed by atoms with Crippen molar-refractivity contribution in [3.63, 3.8) is 0 Å². The molecule has 168 valence electrons. The lowest BCUT2D eigenvalue weighted by Crippen LogP contribution is -2.26. The van der Waals surface area contributed by atoms with E-state index in [-0.39, 0.29) is 16.8 Å². The average Bonchev–Trinajstić information content (AvgIpc) is 2.76. The Morgan fingerprint density at radius 3 is 2.22 bits per heavy atom. The standard InChI is InChI=1S/C25H28N2O4S/c1-5-31-22-11-8-20(9-12-22)19(4)26-25(28)21-10-15-24(18(3)16-21)27-32(29,30)23-13-6-17(2)7-14-23/h6-16,19,27H,5H2,1-4H3,(H,26,28)/t19-/m1/s1. The van der Waals surface area contributed by atoms with Crippen molar-refractivity contribution < 1.29 is 17.9 Å². The van der Waals surface area contributed by atoms with E-state index >= 15 is 0 Å². The van der Waals surface area contributed by atoms with E-state index in [0.717, 1.165) is 16.9 Å². The summed E-state index contributed by atoms with van der Waals surface area (Å²) >= 11 is 0. The van der Waals surface area contributed by atoms with Gasteiger partial charge in [0.05, 0.1) is 23.2 Å². The van der Waals surface area contributed by atoms with Crippen molar-refractivity contribution in [1.29, 1.82) is 0 Å². The van der Waals surface area contributed by atoms with Gasteiger partial charge in [-0.05, 0) is 81.3 Å². The Hall–Kier alpha value is -3.32. The molecule has 0 aliphatic carbocycles. The molecule has 3 rings (SSSR count). The summed E-state index contributed by atoms with van der Waals surface area (Å²) < 4.78 is 33.4. The number of sulfonamides is 1. The van der Waals surface area contributed by atoms with Crippen LogP contribution in [-0.2, 0) is 10.0 Å². The molecule has 7 heteroatoms. The van der Waals surface area contributed by atoms with Crippen molar-refractivity contribution >= 4 is 21.6 Å². The van der Waals surface area contributed by atoms with Crippen LogP contribution in [0.15, 0.2) is 71.6 Å². The van der Waals surface area contributed by atoms with Gasteiger partial charge in [0.25, 0.3) is 15.9 Å². The second-order valence-corrected chi connectivity index (χ2v) is 9.33. The summed E-state index contributed by atoms with van der Waals surface area (Å²) in [6, 6.07) is 18.9. The quantitative estimate of drug-likeness (QED) is 0.504. The number of aryl methyl sites for hydroxylation is 2. The van der Waals surface area contributed by atoms with Gasteiger partial charge >= 0.3 is 0 Å². The fourth-order valence-corrected chi connectivity index (χ4v) is 4.35. The van der Waals surface area contributed by atoms with Gasteiger partial charge in [-0.25, -0.2) is 8.42 Å². The third-order valence-corrected chi connectivity index (χ3v) is 6.48. The number of carbonyl (C=O) groups is 1. The van der Waals surface area contributed by atoms with E-state index in [1.807, 2.05) is 45.0 Å². The number of rotatable bonds is 8. The predicted octanol–water partition coefficient (Wildman–Crippen LogP) is 4.99. The molecule has 0 saturated heterocycles. The molecule has 0 bridgehead atoms. The van der Waals surface area contributed by atoms with E-state index < -0.39 is 10.0 Å². The smallest absolute Gasteiger partial charge is 0.261 e. The Balaban J connectivity index is 1.69. The summed E-state index contributed by atoms with van der Waals surface area (Å²) in [5, 5.41) is 2.97. The zero-order valence-electron chi connectivity index (χ0n) is 18.7. The Labute approximate surface area is 189 Å². The summed E-state index contributed by atoms with van der Waals surface area (Å²) in [6.07, 6.45) is 0. The SMILES string of the molecule is CCOc1ccc([C@@H](C)NC(=O)c2ccc(NS(=O)(=O)c3ccc(C)cc3)c(C)c2)cc1. The average molecular weight is 453 g/mol. The number of anilines is 1. The van der Waals surface area contributed by atoms with Crippen LogP contribution in [0.3, 0.4) is 0 Å². The van der Waals surface area contributed by atoms with Gasteiger partial charge in [0.2, 0.25) is 0 Å². The number of nitrogens with one attached hydrogen (secondary N) is 2. The van der Waals surface area contributed by atoms with Gasteiger partial charge in [0.15, 0.2) is 0 Å². The third-order valence-electron chi connectivity index (χ3n) is 5.10. The molecule has 0 aromatic heterocycles. The van der Waals surface area contributed by atoms with Gasteiger partial charge in [-0.2, -0.15) is 0 Å². The van der Waals surface area contributed by atoms with Gasteiger partial charge in [-0.3, -0.25) is 9.52 Å². The highest BCUT2D eigenvalue weighted by Crippen LogP contribution is 2.22. The van der Waals surface area contributed by atoms with Gasteiger partial charge < -0.3 is 10.1 Å². The highest BCUT2D eigenvalue weighted by atomic mass is 32.2. The largest absolute Gasteiger partial charge is 0.494 e. The molecule has 0 heterocycles. The van der Waals surface area contributed by atoms with E-state index in [4.69, 9.17) is 4.74 Å². The first-order valence-corrected chi connectivity index (χ1v) is 11.9. The molecule has 0 saturated carbocycles. The summed E-state index contributed by atoms with van der Waals surface area (Å²) in [5.41, 5.74) is 3.48. The molecule has 0 fully saturated rings. The van der Waals surface area contributed by atoms with E-state index in [2.05, 4.69) is 10.0 Å². The molecule has 0 aliphatic heterocycles. The fraction of sp³-hybridized carbons (Fsp3) is 0.240. The molecule has 0 unspecified atom stereocenters. The van der Waals surface area contributed by atoms with Crippen LogP contribution in [0.5, 0.6) is 5.75 Å². The monoisotopic (exact) mass is 452 g/mol.